The summed E-state index contributed by atoms with van der Waals surface area (Å²) in [6.07, 6.45) is -0.919. The minimum Gasteiger partial charge on any atom is -0.452 e. The predicted molar refractivity (Wildman–Crippen MR) is 80.8 cm³/mol. The van der Waals surface area contributed by atoms with Gasteiger partial charge in [0.15, 0.2) is 6.10 Å². The fourth-order valence-corrected chi connectivity index (χ4v) is 2.26. The molecule has 2 aromatic rings. The molecule has 0 aliphatic rings. The SMILES string of the molecule is C=C(C#N)C(OC(C)=O)c1cc2cc(C)ccc2nc1Cl. The lowest BCUT2D eigenvalue weighted by Crippen LogP contribution is -2.11. The van der Waals surface area contributed by atoms with Gasteiger partial charge < -0.3 is 4.74 Å². The van der Waals surface area contributed by atoms with Crippen LogP contribution >= 0.6 is 11.6 Å². The number of hydrogen-bond acceptors (Lipinski definition) is 4. The first-order valence-electron chi connectivity index (χ1n) is 6.25. The largest absolute Gasteiger partial charge is 0.452 e. The maximum absolute atomic E-state index is 11.2. The molecule has 0 saturated heterocycles. The average molecular weight is 301 g/mol. The number of carbonyl (C=O) groups is 1. The van der Waals surface area contributed by atoms with E-state index in [9.17, 15) is 4.79 Å². The van der Waals surface area contributed by atoms with E-state index in [-0.39, 0.29) is 10.7 Å². The number of aromatic nitrogens is 1. The number of aryl methyl sites for hydroxylation is 1. The molecule has 1 aromatic heterocycles. The second kappa shape index (κ2) is 5.94. The maximum atomic E-state index is 11.2. The summed E-state index contributed by atoms with van der Waals surface area (Å²) < 4.78 is 5.16. The van der Waals surface area contributed by atoms with Crippen LogP contribution in [0, 0.1) is 18.3 Å². The lowest BCUT2D eigenvalue weighted by Gasteiger charge is -2.17. The van der Waals surface area contributed by atoms with Crippen LogP contribution < -0.4 is 0 Å². The number of ether oxygens (including phenoxy) is 1. The van der Waals surface area contributed by atoms with Crippen molar-refractivity contribution < 1.29 is 9.53 Å². The Hall–Kier alpha value is -2.38. The highest BCUT2D eigenvalue weighted by Crippen LogP contribution is 2.32. The second-order valence-corrected chi connectivity index (χ2v) is 5.05. The highest BCUT2D eigenvalue weighted by Gasteiger charge is 2.22. The van der Waals surface area contributed by atoms with Crippen LogP contribution in [0.3, 0.4) is 0 Å². The van der Waals surface area contributed by atoms with Crippen LogP contribution in [0.1, 0.15) is 24.2 Å². The number of hydrogen-bond donors (Lipinski definition) is 0. The number of esters is 1. The van der Waals surface area contributed by atoms with E-state index in [0.29, 0.717) is 5.56 Å². The Morgan fingerprint density at radius 3 is 2.81 bits per heavy atom. The number of nitrogens with zero attached hydrogens (tertiary/aromatic N) is 2. The number of benzene rings is 1. The van der Waals surface area contributed by atoms with Crippen molar-refractivity contribution >= 4 is 28.5 Å². The minimum absolute atomic E-state index is 0.0981. The lowest BCUT2D eigenvalue weighted by molar-refractivity contribution is -0.144. The minimum atomic E-state index is -0.919. The summed E-state index contributed by atoms with van der Waals surface area (Å²) in [5.74, 6) is -0.517. The van der Waals surface area contributed by atoms with Crippen molar-refractivity contribution in [1.29, 1.82) is 5.26 Å². The van der Waals surface area contributed by atoms with Gasteiger partial charge in [0.05, 0.1) is 17.2 Å². The molecule has 0 fully saturated rings. The Bertz CT molecular complexity index is 778. The molecule has 0 bridgehead atoms. The topological polar surface area (TPSA) is 63.0 Å². The third-order valence-electron chi connectivity index (χ3n) is 2.98. The number of rotatable bonds is 3. The van der Waals surface area contributed by atoms with Crippen molar-refractivity contribution in [3.05, 3.63) is 52.7 Å². The number of carbonyl (C=O) groups excluding carboxylic acids is 1. The molecule has 1 atom stereocenters. The molecule has 0 saturated carbocycles. The summed E-state index contributed by atoms with van der Waals surface area (Å²) >= 11 is 6.17. The van der Waals surface area contributed by atoms with Gasteiger partial charge in [-0.05, 0) is 25.1 Å². The van der Waals surface area contributed by atoms with Gasteiger partial charge >= 0.3 is 5.97 Å². The first kappa shape index (κ1) is 15.0. The van der Waals surface area contributed by atoms with Crippen molar-refractivity contribution in [2.24, 2.45) is 0 Å². The number of halogens is 1. The summed E-state index contributed by atoms with van der Waals surface area (Å²) in [7, 11) is 0. The van der Waals surface area contributed by atoms with Crippen LogP contribution in [0.15, 0.2) is 36.4 Å². The normalized spacial score (nSPS) is 11.7. The van der Waals surface area contributed by atoms with Gasteiger partial charge in [0.1, 0.15) is 5.15 Å². The van der Waals surface area contributed by atoms with E-state index in [4.69, 9.17) is 21.6 Å². The van der Waals surface area contributed by atoms with Crippen molar-refractivity contribution in [1.82, 2.24) is 4.98 Å². The van der Waals surface area contributed by atoms with E-state index in [1.165, 1.54) is 6.92 Å². The molecule has 0 aliphatic heterocycles. The molecule has 1 unspecified atom stereocenters. The van der Waals surface area contributed by atoms with Gasteiger partial charge in [0.25, 0.3) is 0 Å². The summed E-state index contributed by atoms with van der Waals surface area (Å²) in [6, 6.07) is 9.41. The molecular formula is C16H13ClN2O2. The molecule has 4 nitrogen and oxygen atoms in total. The molecule has 21 heavy (non-hydrogen) atoms. The molecular weight excluding hydrogens is 288 g/mol. The Morgan fingerprint density at radius 2 is 2.19 bits per heavy atom. The fraction of sp³-hybridized carbons (Fsp3) is 0.188. The molecule has 0 N–H and O–H groups in total. The van der Waals surface area contributed by atoms with E-state index in [0.717, 1.165) is 16.5 Å². The first-order chi connectivity index (χ1) is 9.92. The van der Waals surface area contributed by atoms with Gasteiger partial charge in [-0.3, -0.25) is 4.79 Å². The van der Waals surface area contributed by atoms with Gasteiger partial charge in [-0.15, -0.1) is 0 Å². The Kier molecular flexibility index (Phi) is 4.25. The van der Waals surface area contributed by atoms with Crippen LogP contribution in [-0.2, 0) is 9.53 Å². The van der Waals surface area contributed by atoms with Gasteiger partial charge in [0, 0.05) is 17.9 Å². The quantitative estimate of drug-likeness (QED) is 0.490. The lowest BCUT2D eigenvalue weighted by atomic mass is 10.0. The van der Waals surface area contributed by atoms with Gasteiger partial charge in [-0.1, -0.05) is 29.8 Å². The van der Waals surface area contributed by atoms with Crippen molar-refractivity contribution in [3.63, 3.8) is 0 Å². The highest BCUT2D eigenvalue weighted by atomic mass is 35.5. The Balaban J connectivity index is 2.61. The van der Waals surface area contributed by atoms with Crippen molar-refractivity contribution in [2.75, 3.05) is 0 Å². The molecule has 0 radical (unpaired) electrons. The third-order valence-corrected chi connectivity index (χ3v) is 3.28. The summed E-state index contributed by atoms with van der Waals surface area (Å²) in [5, 5.41) is 10.1. The maximum Gasteiger partial charge on any atom is 0.303 e. The Labute approximate surface area is 127 Å². The number of nitriles is 1. The first-order valence-corrected chi connectivity index (χ1v) is 6.63. The fourth-order valence-electron chi connectivity index (χ4n) is 2.02. The van der Waals surface area contributed by atoms with Gasteiger partial charge in [-0.2, -0.15) is 5.26 Å². The number of pyridine rings is 1. The van der Waals surface area contributed by atoms with Crippen LogP contribution in [0.25, 0.3) is 10.9 Å². The summed E-state index contributed by atoms with van der Waals surface area (Å²) in [4.78, 5) is 15.5. The Morgan fingerprint density at radius 1 is 1.48 bits per heavy atom. The monoisotopic (exact) mass is 300 g/mol. The zero-order valence-corrected chi connectivity index (χ0v) is 12.4. The summed E-state index contributed by atoms with van der Waals surface area (Å²) in [6.45, 7) is 6.85. The molecule has 0 aliphatic carbocycles. The summed E-state index contributed by atoms with van der Waals surface area (Å²) in [5.41, 5.74) is 2.36. The second-order valence-electron chi connectivity index (χ2n) is 4.69. The van der Waals surface area contributed by atoms with E-state index < -0.39 is 12.1 Å². The number of fused-ring (bicyclic) bond motifs is 1. The average Bonchev–Trinajstić information content (AvgIpc) is 2.43. The zero-order valence-electron chi connectivity index (χ0n) is 11.7. The smallest absolute Gasteiger partial charge is 0.303 e. The van der Waals surface area contributed by atoms with E-state index in [2.05, 4.69) is 11.6 Å². The van der Waals surface area contributed by atoms with Crippen molar-refractivity contribution in [3.8, 4) is 6.07 Å². The standard InChI is InChI=1S/C16H13ClN2O2/c1-9-4-5-14-12(6-9)7-13(16(17)19-14)15(10(2)8-18)21-11(3)20/h4-7,15H,2H2,1,3H3. The molecule has 1 heterocycles. The van der Waals surface area contributed by atoms with Crippen LogP contribution in [0.2, 0.25) is 5.15 Å². The van der Waals surface area contributed by atoms with Gasteiger partial charge in [-0.25, -0.2) is 4.98 Å². The molecule has 0 amide bonds. The van der Waals surface area contributed by atoms with Crippen LogP contribution in [-0.4, -0.2) is 11.0 Å². The molecule has 5 heteroatoms. The molecule has 1 aromatic carbocycles. The third kappa shape index (κ3) is 3.21. The van der Waals surface area contributed by atoms with Crippen molar-refractivity contribution in [2.45, 2.75) is 20.0 Å². The van der Waals surface area contributed by atoms with Crippen LogP contribution in [0.5, 0.6) is 0 Å². The molecule has 0 spiro atoms. The molecule has 106 valence electrons. The zero-order chi connectivity index (χ0) is 15.6. The van der Waals surface area contributed by atoms with E-state index >= 15 is 0 Å². The van der Waals surface area contributed by atoms with Gasteiger partial charge in [0.2, 0.25) is 0 Å². The predicted octanol–water partition coefficient (Wildman–Crippen LogP) is 3.88. The highest BCUT2D eigenvalue weighted by molar-refractivity contribution is 6.30. The van der Waals surface area contributed by atoms with E-state index in [1.54, 1.807) is 6.07 Å². The van der Waals surface area contributed by atoms with E-state index in [1.807, 2.05) is 31.2 Å². The van der Waals surface area contributed by atoms with Crippen LogP contribution in [0.4, 0.5) is 0 Å². The molecule has 2 rings (SSSR count).